The first kappa shape index (κ1) is 29.5. The van der Waals surface area contributed by atoms with Gasteiger partial charge in [-0.05, 0) is 37.1 Å². The standard InChI is InChI=1S/C26H24N4O6S4/c31-17-7-1-5-15(13-17)27-19(33)9-3-11-29-23(35)21(39-25(29)37)22-24(36)30(26(38)40-22)12-4-10-20(34)28-16-6-2-8-18(32)14-16/h1-2,5-8,13-14,31-32H,3-4,9-12H2,(H,27,33)(H,28,34)/b22-21+. The van der Waals surface area contributed by atoms with Gasteiger partial charge in [-0.2, -0.15) is 0 Å². The van der Waals surface area contributed by atoms with Crippen LogP contribution in [0.5, 0.6) is 11.5 Å². The van der Waals surface area contributed by atoms with Gasteiger partial charge in [-0.1, -0.05) is 60.1 Å². The van der Waals surface area contributed by atoms with Crippen molar-refractivity contribution >= 4 is 91.6 Å². The van der Waals surface area contributed by atoms with Crippen molar-refractivity contribution in [2.24, 2.45) is 0 Å². The molecule has 0 aliphatic carbocycles. The van der Waals surface area contributed by atoms with Crippen LogP contribution in [0.2, 0.25) is 0 Å². The van der Waals surface area contributed by atoms with Gasteiger partial charge < -0.3 is 20.8 Å². The summed E-state index contributed by atoms with van der Waals surface area (Å²) < 4.78 is 0.588. The van der Waals surface area contributed by atoms with Gasteiger partial charge >= 0.3 is 0 Å². The molecule has 0 atom stereocenters. The van der Waals surface area contributed by atoms with E-state index in [1.807, 2.05) is 0 Å². The number of phenols is 2. The Morgan fingerprint density at radius 3 is 1.50 bits per heavy atom. The third kappa shape index (κ3) is 7.38. The highest BCUT2D eigenvalue weighted by atomic mass is 32.2. The Morgan fingerprint density at radius 1 is 0.725 bits per heavy atom. The lowest BCUT2D eigenvalue weighted by Gasteiger charge is -2.14. The smallest absolute Gasteiger partial charge is 0.267 e. The predicted molar refractivity (Wildman–Crippen MR) is 163 cm³/mol. The molecule has 2 saturated heterocycles. The van der Waals surface area contributed by atoms with Crippen molar-refractivity contribution in [2.45, 2.75) is 25.7 Å². The van der Waals surface area contributed by atoms with E-state index in [9.17, 15) is 29.4 Å². The van der Waals surface area contributed by atoms with Gasteiger partial charge in [0.15, 0.2) is 0 Å². The molecule has 10 nitrogen and oxygen atoms in total. The molecular formula is C26H24N4O6S4. The van der Waals surface area contributed by atoms with Crippen molar-refractivity contribution in [1.82, 2.24) is 9.80 Å². The molecule has 208 valence electrons. The van der Waals surface area contributed by atoms with Crippen LogP contribution in [0.4, 0.5) is 11.4 Å². The Kier molecular flexibility index (Phi) is 9.79. The number of nitrogens with one attached hydrogen (secondary N) is 2. The Hall–Kier alpha value is -3.46. The van der Waals surface area contributed by atoms with Crippen molar-refractivity contribution in [3.05, 3.63) is 58.3 Å². The molecule has 4 N–H and O–H groups in total. The number of phenolic OH excluding ortho intramolecular Hbond substituents is 2. The minimum atomic E-state index is -0.408. The Bertz CT molecular complexity index is 1320. The molecule has 0 saturated carbocycles. The summed E-state index contributed by atoms with van der Waals surface area (Å²) in [6.45, 7) is 0.409. The topological polar surface area (TPSA) is 139 Å². The van der Waals surface area contributed by atoms with Crippen molar-refractivity contribution in [3.63, 3.8) is 0 Å². The third-order valence-corrected chi connectivity index (χ3v) is 8.76. The number of benzene rings is 2. The fourth-order valence-corrected chi connectivity index (χ4v) is 6.64. The van der Waals surface area contributed by atoms with Crippen LogP contribution in [0, 0.1) is 0 Å². The maximum Gasteiger partial charge on any atom is 0.267 e. The largest absolute Gasteiger partial charge is 0.508 e. The highest BCUT2D eigenvalue weighted by Gasteiger charge is 2.41. The number of anilines is 2. The zero-order valence-electron chi connectivity index (χ0n) is 20.9. The lowest BCUT2D eigenvalue weighted by molar-refractivity contribution is -0.124. The number of nitrogens with zero attached hydrogens (tertiary/aromatic N) is 2. The minimum absolute atomic E-state index is 0.0382. The third-order valence-electron chi connectivity index (χ3n) is 5.74. The Balaban J connectivity index is 1.28. The summed E-state index contributed by atoms with van der Waals surface area (Å²) >= 11 is 12.8. The maximum atomic E-state index is 13.1. The number of hydrogen-bond acceptors (Lipinski definition) is 10. The summed E-state index contributed by atoms with van der Waals surface area (Å²) in [5.74, 6) is -1.28. The second-order valence-corrected chi connectivity index (χ2v) is 12.0. The second-order valence-electron chi connectivity index (χ2n) is 8.71. The monoisotopic (exact) mass is 616 g/mol. The first-order chi connectivity index (χ1) is 19.1. The van der Waals surface area contributed by atoms with Crippen LogP contribution >= 0.6 is 48.0 Å². The molecule has 4 amide bonds. The minimum Gasteiger partial charge on any atom is -0.508 e. The van der Waals surface area contributed by atoms with Gasteiger partial charge in [0.05, 0.1) is 9.81 Å². The number of thiocarbonyl (C=S) groups is 2. The molecule has 4 rings (SSSR count). The molecule has 2 aliphatic rings. The first-order valence-electron chi connectivity index (χ1n) is 12.1. The van der Waals surface area contributed by atoms with Gasteiger partial charge in [0.25, 0.3) is 11.8 Å². The van der Waals surface area contributed by atoms with Crippen LogP contribution in [0.1, 0.15) is 25.7 Å². The number of amides is 4. The molecule has 0 aromatic heterocycles. The molecule has 0 bridgehead atoms. The average molecular weight is 617 g/mol. The van der Waals surface area contributed by atoms with E-state index in [4.69, 9.17) is 24.4 Å². The molecule has 0 spiro atoms. The molecule has 0 radical (unpaired) electrons. The van der Waals surface area contributed by atoms with Gasteiger partial charge in [-0.25, -0.2) is 0 Å². The van der Waals surface area contributed by atoms with E-state index in [2.05, 4.69) is 10.6 Å². The summed E-state index contributed by atoms with van der Waals surface area (Å²) in [5.41, 5.74) is 0.935. The van der Waals surface area contributed by atoms with Crippen LogP contribution in [0.15, 0.2) is 58.3 Å². The summed E-state index contributed by atoms with van der Waals surface area (Å²) in [6, 6.07) is 12.4. The van der Waals surface area contributed by atoms with Crippen molar-refractivity contribution in [3.8, 4) is 11.5 Å². The van der Waals surface area contributed by atoms with E-state index < -0.39 is 11.8 Å². The number of rotatable bonds is 10. The molecule has 2 aromatic rings. The predicted octanol–water partition coefficient (Wildman–Crippen LogP) is 4.17. The SMILES string of the molecule is O=C(CCCN1C(=O)/C(=C2\SC(=S)N(CCCC(=O)Nc3cccc(O)c3)C2=O)SC1=S)Nc1cccc(O)c1. The lowest BCUT2D eigenvalue weighted by Crippen LogP contribution is -2.31. The van der Waals surface area contributed by atoms with Crippen LogP contribution in [0.3, 0.4) is 0 Å². The molecule has 14 heteroatoms. The van der Waals surface area contributed by atoms with Crippen molar-refractivity contribution < 1.29 is 29.4 Å². The van der Waals surface area contributed by atoms with Crippen LogP contribution in [-0.2, 0) is 19.2 Å². The molecule has 2 aliphatic heterocycles. The zero-order chi connectivity index (χ0) is 28.8. The lowest BCUT2D eigenvalue weighted by atomic mass is 10.2. The van der Waals surface area contributed by atoms with E-state index in [1.165, 1.54) is 34.1 Å². The normalized spacial score (nSPS) is 17.1. The average Bonchev–Trinajstić information content (AvgIpc) is 3.33. The number of carbonyl (C=O) groups excluding carboxylic acids is 4. The molecular weight excluding hydrogens is 593 g/mol. The van der Waals surface area contributed by atoms with E-state index in [-0.39, 0.29) is 59.1 Å². The molecule has 2 heterocycles. The molecule has 40 heavy (non-hydrogen) atoms. The van der Waals surface area contributed by atoms with Gasteiger partial charge in [0.1, 0.15) is 20.1 Å². The number of carbonyl (C=O) groups is 4. The highest BCUT2D eigenvalue weighted by Crippen LogP contribution is 2.42. The van der Waals surface area contributed by atoms with Gasteiger partial charge in [-0.3, -0.25) is 29.0 Å². The molecule has 0 unspecified atom stereocenters. The number of aromatic hydroxyl groups is 2. The summed E-state index contributed by atoms with van der Waals surface area (Å²) in [6.07, 6.45) is 0.943. The quantitative estimate of drug-likeness (QED) is 0.227. The number of hydrogen-bond donors (Lipinski definition) is 4. The van der Waals surface area contributed by atoms with E-state index >= 15 is 0 Å². The summed E-state index contributed by atoms with van der Waals surface area (Å²) in [5, 5.41) is 24.4. The van der Waals surface area contributed by atoms with Crippen molar-refractivity contribution in [2.75, 3.05) is 23.7 Å². The fraction of sp³-hybridized carbons (Fsp3) is 0.231. The van der Waals surface area contributed by atoms with Crippen LogP contribution in [0.25, 0.3) is 0 Å². The van der Waals surface area contributed by atoms with Crippen LogP contribution < -0.4 is 10.6 Å². The second kappa shape index (κ2) is 13.3. The van der Waals surface area contributed by atoms with Crippen molar-refractivity contribution in [1.29, 1.82) is 0 Å². The molecule has 2 aromatic carbocycles. The highest BCUT2D eigenvalue weighted by molar-refractivity contribution is 8.29. The zero-order valence-corrected chi connectivity index (χ0v) is 24.2. The van der Waals surface area contributed by atoms with Gasteiger partial charge in [0, 0.05) is 49.4 Å². The maximum absolute atomic E-state index is 13.1. The van der Waals surface area contributed by atoms with E-state index in [0.29, 0.717) is 32.9 Å². The van der Waals surface area contributed by atoms with E-state index in [0.717, 1.165) is 23.5 Å². The van der Waals surface area contributed by atoms with Gasteiger partial charge in [0.2, 0.25) is 11.8 Å². The Labute approximate surface area is 249 Å². The van der Waals surface area contributed by atoms with Crippen LogP contribution in [-0.4, -0.2) is 65.4 Å². The number of thioether (sulfide) groups is 2. The Morgan fingerprint density at radius 2 is 1.12 bits per heavy atom. The summed E-state index contributed by atoms with van der Waals surface area (Å²) in [7, 11) is 0. The van der Waals surface area contributed by atoms with E-state index in [1.54, 1.807) is 24.3 Å². The first-order valence-corrected chi connectivity index (χ1v) is 14.6. The fourth-order valence-electron chi connectivity index (χ4n) is 3.87. The van der Waals surface area contributed by atoms with Gasteiger partial charge in [-0.15, -0.1) is 0 Å². The molecule has 2 fully saturated rings. The summed E-state index contributed by atoms with van der Waals surface area (Å²) in [4.78, 5) is 53.8.